The molecule has 1 unspecified atom stereocenters. The minimum Gasteiger partial charge on any atom is -0.444 e. The van der Waals surface area contributed by atoms with Gasteiger partial charge in [0.2, 0.25) is 0 Å². The lowest BCUT2D eigenvalue weighted by Gasteiger charge is -2.35. The molecular weight excluding hydrogens is 559 g/mol. The van der Waals surface area contributed by atoms with Crippen molar-refractivity contribution in [3.63, 3.8) is 0 Å². The van der Waals surface area contributed by atoms with E-state index in [2.05, 4.69) is 0 Å². The number of carbonyl (C=O) groups is 2. The summed E-state index contributed by atoms with van der Waals surface area (Å²) in [5, 5.41) is 4.92. The van der Waals surface area contributed by atoms with E-state index >= 15 is 0 Å². The molecule has 1 aromatic heterocycles. The number of anilines is 2. The second kappa shape index (κ2) is 10.4. The van der Waals surface area contributed by atoms with Crippen molar-refractivity contribution in [2.24, 2.45) is 0 Å². The van der Waals surface area contributed by atoms with Crippen LogP contribution in [0.4, 0.5) is 25.5 Å². The monoisotopic (exact) mass is 596 g/mol. The van der Waals surface area contributed by atoms with Crippen LogP contribution in [-0.2, 0) is 20.9 Å². The molecule has 0 bridgehead atoms. The van der Waals surface area contributed by atoms with E-state index in [4.69, 9.17) is 14.6 Å². The van der Waals surface area contributed by atoms with Crippen LogP contribution in [0.5, 0.6) is 0 Å². The number of halogens is 1. The molecule has 12 heteroatoms. The molecule has 3 heterocycles. The molecule has 2 aliphatic rings. The average molecular weight is 597 g/mol. The minimum absolute atomic E-state index is 0.285. The molecule has 0 aliphatic carbocycles. The Labute approximate surface area is 246 Å². The third-order valence-electron chi connectivity index (χ3n) is 7.60. The van der Waals surface area contributed by atoms with Crippen LogP contribution in [0, 0.1) is 24.4 Å². The van der Waals surface area contributed by atoms with Crippen molar-refractivity contribution in [2.75, 3.05) is 35.7 Å². The summed E-state index contributed by atoms with van der Waals surface area (Å²) >= 11 is 0. The summed E-state index contributed by atoms with van der Waals surface area (Å²) in [6, 6.07) is 9.30. The van der Waals surface area contributed by atoms with Crippen molar-refractivity contribution in [3.05, 3.63) is 64.6 Å². The molecule has 3 amide bonds. The Kier molecular flexibility index (Phi) is 7.33. The van der Waals surface area contributed by atoms with Crippen molar-refractivity contribution >= 4 is 33.4 Å². The summed E-state index contributed by atoms with van der Waals surface area (Å²) in [6.07, 6.45) is 1.38. The molecule has 224 valence electrons. The van der Waals surface area contributed by atoms with E-state index in [9.17, 15) is 18.2 Å². The van der Waals surface area contributed by atoms with Gasteiger partial charge in [-0.2, -0.15) is 5.10 Å². The first kappa shape index (κ1) is 29.6. The molecule has 1 N–H and O–H groups in total. The number of benzene rings is 2. The van der Waals surface area contributed by atoms with Crippen LogP contribution >= 0.6 is 0 Å². The normalized spacial score (nSPS) is 18.7. The Bertz CT molecular complexity index is 1650. The highest BCUT2D eigenvalue weighted by atomic mass is 32.2. The minimum atomic E-state index is -2.88. The number of fused-ring (bicyclic) bond motifs is 1. The number of ether oxygens (including phenoxy) is 1. The van der Waals surface area contributed by atoms with Crippen molar-refractivity contribution in [3.8, 4) is 5.69 Å². The number of rotatable bonds is 4. The van der Waals surface area contributed by atoms with Gasteiger partial charge in [-0.05, 0) is 89.1 Å². The molecule has 3 aromatic rings. The number of carbonyl (C=O) groups excluding carboxylic acids is 2. The lowest BCUT2D eigenvalue weighted by molar-refractivity contribution is 0.0160. The molecule has 0 spiro atoms. The first-order valence-electron chi connectivity index (χ1n) is 13.9. The van der Waals surface area contributed by atoms with E-state index in [0.29, 0.717) is 59.3 Å². The van der Waals surface area contributed by atoms with E-state index in [1.165, 1.54) is 6.26 Å². The summed E-state index contributed by atoms with van der Waals surface area (Å²) in [5.41, 5.74) is 3.01. The Morgan fingerprint density at radius 2 is 1.64 bits per heavy atom. The molecule has 1 fully saturated rings. The number of nitrogens with zero attached hydrogens (tertiary/aromatic N) is 5. The summed E-state index contributed by atoms with van der Waals surface area (Å²) in [7, 11) is -2.88. The molecule has 0 saturated carbocycles. The highest BCUT2D eigenvalue weighted by molar-refractivity contribution is 7.91. The molecule has 5 rings (SSSR count). The zero-order valence-electron chi connectivity index (χ0n) is 25.0. The smallest absolute Gasteiger partial charge is 0.410 e. The number of aromatic nitrogens is 2. The quantitative estimate of drug-likeness (QED) is 0.399. The van der Waals surface area contributed by atoms with Gasteiger partial charge in [-0.15, -0.1) is 0 Å². The van der Waals surface area contributed by atoms with Crippen molar-refractivity contribution in [1.29, 1.82) is 4.78 Å². The van der Waals surface area contributed by atoms with Gasteiger partial charge in [-0.3, -0.25) is 9.80 Å². The summed E-state index contributed by atoms with van der Waals surface area (Å²) < 4.78 is 42.0. The Morgan fingerprint density at radius 3 is 2.21 bits per heavy atom. The van der Waals surface area contributed by atoms with Crippen molar-refractivity contribution < 1.29 is 22.9 Å². The second-order valence-electron chi connectivity index (χ2n) is 12.0. The van der Waals surface area contributed by atoms with E-state index in [0.717, 1.165) is 11.3 Å². The number of hydrogen-bond donors (Lipinski definition) is 1. The lowest BCUT2D eigenvalue weighted by Crippen LogP contribution is -2.42. The molecular formula is C30H37FN6O4S. The Balaban J connectivity index is 1.60. The first-order chi connectivity index (χ1) is 19.6. The SMILES string of the molecule is Cc1cc(-n2nc3c(c2N2CCN(c4ccc(S(C)(=N)=O)cc4)C2=O)[C@H](C)N(C(=O)OC(C)(C)C)CC3)cc(C)c1F. The van der Waals surface area contributed by atoms with Crippen LogP contribution in [0.15, 0.2) is 41.3 Å². The van der Waals surface area contributed by atoms with Gasteiger partial charge < -0.3 is 9.64 Å². The van der Waals surface area contributed by atoms with Crippen LogP contribution in [0.3, 0.4) is 0 Å². The van der Waals surface area contributed by atoms with Crippen LogP contribution in [0.25, 0.3) is 5.69 Å². The second-order valence-corrected chi connectivity index (χ2v) is 14.2. The number of nitrogens with one attached hydrogen (secondary N) is 1. The molecule has 42 heavy (non-hydrogen) atoms. The van der Waals surface area contributed by atoms with Gasteiger partial charge in [-0.1, -0.05) is 0 Å². The van der Waals surface area contributed by atoms with E-state index in [-0.39, 0.29) is 11.8 Å². The van der Waals surface area contributed by atoms with E-state index < -0.39 is 27.5 Å². The predicted octanol–water partition coefficient (Wildman–Crippen LogP) is 5.96. The third kappa shape index (κ3) is 5.35. The van der Waals surface area contributed by atoms with E-state index in [1.807, 2.05) is 27.7 Å². The van der Waals surface area contributed by atoms with Crippen molar-refractivity contribution in [1.82, 2.24) is 14.7 Å². The van der Waals surface area contributed by atoms with Crippen LogP contribution in [0.2, 0.25) is 0 Å². The summed E-state index contributed by atoms with van der Waals surface area (Å²) in [6.45, 7) is 11.9. The number of hydrogen-bond acceptors (Lipinski definition) is 6. The maximum atomic E-state index is 14.6. The predicted molar refractivity (Wildman–Crippen MR) is 160 cm³/mol. The zero-order valence-corrected chi connectivity index (χ0v) is 25.8. The van der Waals surface area contributed by atoms with Crippen LogP contribution in [-0.4, -0.2) is 62.5 Å². The topological polar surface area (TPSA) is 112 Å². The highest BCUT2D eigenvalue weighted by Crippen LogP contribution is 2.41. The van der Waals surface area contributed by atoms with Gasteiger partial charge in [-0.25, -0.2) is 27.6 Å². The zero-order chi connectivity index (χ0) is 30.7. The average Bonchev–Trinajstić information content (AvgIpc) is 3.46. The van der Waals surface area contributed by atoms with Crippen LogP contribution < -0.4 is 9.80 Å². The third-order valence-corrected chi connectivity index (χ3v) is 8.78. The fraction of sp³-hybridized carbons (Fsp3) is 0.433. The van der Waals surface area contributed by atoms with Gasteiger partial charge in [0.05, 0.1) is 27.2 Å². The number of aryl methyl sites for hydroxylation is 2. The Hall–Kier alpha value is -3.93. The van der Waals surface area contributed by atoms with Gasteiger partial charge in [0.15, 0.2) is 0 Å². The fourth-order valence-corrected chi connectivity index (χ4v) is 6.22. The maximum Gasteiger partial charge on any atom is 0.410 e. The molecule has 2 aromatic carbocycles. The van der Waals surface area contributed by atoms with Crippen LogP contribution in [0.1, 0.15) is 56.1 Å². The molecule has 2 atom stereocenters. The number of urea groups is 1. The molecule has 10 nitrogen and oxygen atoms in total. The van der Waals surface area contributed by atoms with Gasteiger partial charge in [0.1, 0.15) is 17.2 Å². The van der Waals surface area contributed by atoms with E-state index in [1.54, 1.807) is 69.6 Å². The van der Waals surface area contributed by atoms with Crippen molar-refractivity contribution in [2.45, 2.75) is 64.5 Å². The maximum absolute atomic E-state index is 14.6. The number of amides is 3. The highest BCUT2D eigenvalue weighted by Gasteiger charge is 2.41. The fourth-order valence-electron chi connectivity index (χ4n) is 5.57. The van der Waals surface area contributed by atoms with Gasteiger partial charge >= 0.3 is 12.1 Å². The standard InChI is InChI=1S/C30H37FN6O4S/c1-18-16-22(17-19(2)26(18)31)37-27(25-20(3)34(13-12-24(25)33-37)29(39)41-30(4,5)6)36-15-14-35(28(36)38)21-8-10-23(11-9-21)42(7,32)40/h8-11,16-17,20,32H,12-15H2,1-7H3/t20-,42?/m0/s1. The molecule has 2 aliphatic heterocycles. The van der Waals surface area contributed by atoms with Gasteiger partial charge in [0, 0.05) is 48.5 Å². The Morgan fingerprint density at radius 1 is 1.05 bits per heavy atom. The molecule has 0 radical (unpaired) electrons. The lowest BCUT2D eigenvalue weighted by atomic mass is 9.99. The van der Waals surface area contributed by atoms with Gasteiger partial charge in [0.25, 0.3) is 0 Å². The summed E-state index contributed by atoms with van der Waals surface area (Å²) in [4.78, 5) is 32.5. The first-order valence-corrected chi connectivity index (χ1v) is 15.8. The summed E-state index contributed by atoms with van der Waals surface area (Å²) in [5.74, 6) is 0.236. The molecule has 1 saturated heterocycles. The largest absolute Gasteiger partial charge is 0.444 e.